The Hall–Kier alpha value is -1.42. The summed E-state index contributed by atoms with van der Waals surface area (Å²) >= 11 is 0. The normalized spacial score (nSPS) is 24.9. The van der Waals surface area contributed by atoms with Gasteiger partial charge in [-0.3, -0.25) is 0 Å². The fraction of sp³-hybridized carbons (Fsp3) is 0.462. The SMILES string of the molecule is CC1CC(N)CN(S(=O)(=O)c2cccc(C#N)c2)C1. The smallest absolute Gasteiger partial charge is 0.243 e. The van der Waals surface area contributed by atoms with E-state index in [9.17, 15) is 8.42 Å². The van der Waals surface area contributed by atoms with Gasteiger partial charge >= 0.3 is 0 Å². The second-order valence-electron chi connectivity index (χ2n) is 5.06. The van der Waals surface area contributed by atoms with Crippen molar-refractivity contribution in [2.24, 2.45) is 11.7 Å². The highest BCUT2D eigenvalue weighted by molar-refractivity contribution is 7.89. The molecule has 2 atom stereocenters. The first kappa shape index (κ1) is 14.0. The lowest BCUT2D eigenvalue weighted by atomic mass is 9.99. The quantitative estimate of drug-likeness (QED) is 0.872. The van der Waals surface area contributed by atoms with Crippen molar-refractivity contribution in [2.45, 2.75) is 24.3 Å². The highest BCUT2D eigenvalue weighted by atomic mass is 32.2. The van der Waals surface area contributed by atoms with Gasteiger partial charge in [-0.05, 0) is 30.5 Å². The van der Waals surface area contributed by atoms with Gasteiger partial charge in [0, 0.05) is 19.1 Å². The van der Waals surface area contributed by atoms with Crippen LogP contribution < -0.4 is 5.73 Å². The lowest BCUT2D eigenvalue weighted by molar-refractivity contribution is 0.254. The van der Waals surface area contributed by atoms with E-state index in [4.69, 9.17) is 11.0 Å². The molecule has 0 aromatic heterocycles. The molecule has 1 aromatic carbocycles. The van der Waals surface area contributed by atoms with Gasteiger partial charge in [0.05, 0.1) is 16.5 Å². The molecule has 0 spiro atoms. The lowest BCUT2D eigenvalue weighted by Crippen LogP contribution is -2.48. The summed E-state index contributed by atoms with van der Waals surface area (Å²) < 4.78 is 26.4. The lowest BCUT2D eigenvalue weighted by Gasteiger charge is -2.33. The fourth-order valence-corrected chi connectivity index (χ4v) is 4.08. The largest absolute Gasteiger partial charge is 0.326 e. The molecule has 1 aliphatic rings. The average molecular weight is 279 g/mol. The minimum Gasteiger partial charge on any atom is -0.326 e. The van der Waals surface area contributed by atoms with Crippen LogP contribution in [0.4, 0.5) is 0 Å². The monoisotopic (exact) mass is 279 g/mol. The minimum absolute atomic E-state index is 0.127. The molecule has 5 nitrogen and oxygen atoms in total. The van der Waals surface area contributed by atoms with Gasteiger partial charge in [0.1, 0.15) is 0 Å². The Morgan fingerprint density at radius 1 is 1.42 bits per heavy atom. The van der Waals surface area contributed by atoms with E-state index in [1.54, 1.807) is 12.1 Å². The zero-order valence-electron chi connectivity index (χ0n) is 10.8. The van der Waals surface area contributed by atoms with Crippen molar-refractivity contribution in [3.8, 4) is 6.07 Å². The minimum atomic E-state index is -3.56. The fourth-order valence-electron chi connectivity index (χ4n) is 2.42. The summed E-state index contributed by atoms with van der Waals surface area (Å²) in [6.07, 6.45) is 0.838. The van der Waals surface area contributed by atoms with Gasteiger partial charge in [-0.15, -0.1) is 0 Å². The summed E-state index contributed by atoms with van der Waals surface area (Å²) in [4.78, 5) is 0.160. The van der Waals surface area contributed by atoms with E-state index in [-0.39, 0.29) is 16.9 Å². The molecule has 1 fully saturated rings. The summed E-state index contributed by atoms with van der Waals surface area (Å²) in [7, 11) is -3.56. The Balaban J connectivity index is 2.34. The summed E-state index contributed by atoms with van der Waals surface area (Å²) in [6, 6.07) is 7.91. The third-order valence-electron chi connectivity index (χ3n) is 3.26. The summed E-state index contributed by atoms with van der Waals surface area (Å²) in [5.41, 5.74) is 6.23. The Morgan fingerprint density at radius 2 is 2.16 bits per heavy atom. The number of hydrogen-bond donors (Lipinski definition) is 1. The molecule has 1 aromatic rings. The topological polar surface area (TPSA) is 87.2 Å². The number of nitrogens with two attached hydrogens (primary N) is 1. The van der Waals surface area contributed by atoms with Crippen molar-refractivity contribution in [3.05, 3.63) is 29.8 Å². The van der Waals surface area contributed by atoms with Crippen molar-refractivity contribution in [1.29, 1.82) is 5.26 Å². The Morgan fingerprint density at radius 3 is 2.79 bits per heavy atom. The van der Waals surface area contributed by atoms with E-state index in [0.29, 0.717) is 18.7 Å². The van der Waals surface area contributed by atoms with E-state index < -0.39 is 10.0 Å². The van der Waals surface area contributed by atoms with Crippen molar-refractivity contribution >= 4 is 10.0 Å². The molecule has 1 saturated heterocycles. The molecule has 102 valence electrons. The van der Waals surface area contributed by atoms with Crippen LogP contribution in [0.3, 0.4) is 0 Å². The van der Waals surface area contributed by atoms with Gasteiger partial charge in [0.25, 0.3) is 0 Å². The van der Waals surface area contributed by atoms with Crippen LogP contribution in [0.1, 0.15) is 18.9 Å². The maximum atomic E-state index is 12.5. The molecule has 19 heavy (non-hydrogen) atoms. The first-order valence-corrected chi connectivity index (χ1v) is 7.63. The second kappa shape index (κ2) is 5.29. The third-order valence-corrected chi connectivity index (χ3v) is 5.09. The van der Waals surface area contributed by atoms with Crippen molar-refractivity contribution in [2.75, 3.05) is 13.1 Å². The molecule has 0 aliphatic carbocycles. The van der Waals surface area contributed by atoms with Crippen LogP contribution in [0.25, 0.3) is 0 Å². The molecule has 0 saturated carbocycles. The molecule has 2 rings (SSSR count). The Kier molecular flexibility index (Phi) is 3.90. The van der Waals surface area contributed by atoms with E-state index in [1.165, 1.54) is 16.4 Å². The molecule has 0 bridgehead atoms. The molecule has 0 amide bonds. The molecule has 2 unspecified atom stereocenters. The van der Waals surface area contributed by atoms with Crippen LogP contribution in [-0.4, -0.2) is 31.9 Å². The molecular weight excluding hydrogens is 262 g/mol. The molecule has 6 heteroatoms. The summed E-state index contributed by atoms with van der Waals surface area (Å²) in [6.45, 7) is 2.81. The number of benzene rings is 1. The van der Waals surface area contributed by atoms with E-state index in [1.807, 2.05) is 13.0 Å². The van der Waals surface area contributed by atoms with E-state index in [0.717, 1.165) is 6.42 Å². The van der Waals surface area contributed by atoms with Crippen LogP contribution in [0.15, 0.2) is 29.2 Å². The molecule has 2 N–H and O–H groups in total. The average Bonchev–Trinajstić information content (AvgIpc) is 2.37. The second-order valence-corrected chi connectivity index (χ2v) is 7.00. The standard InChI is InChI=1S/C13H17N3O2S/c1-10-5-12(15)9-16(8-10)19(17,18)13-4-2-3-11(6-13)7-14/h2-4,6,10,12H,5,8-9,15H2,1H3. The highest BCUT2D eigenvalue weighted by Crippen LogP contribution is 2.23. The van der Waals surface area contributed by atoms with Crippen LogP contribution in [0.5, 0.6) is 0 Å². The highest BCUT2D eigenvalue weighted by Gasteiger charge is 2.31. The van der Waals surface area contributed by atoms with Crippen LogP contribution >= 0.6 is 0 Å². The van der Waals surface area contributed by atoms with Crippen LogP contribution in [-0.2, 0) is 10.0 Å². The first-order valence-electron chi connectivity index (χ1n) is 6.19. The number of sulfonamides is 1. The van der Waals surface area contributed by atoms with Crippen molar-refractivity contribution in [1.82, 2.24) is 4.31 Å². The molecule has 0 radical (unpaired) electrons. The van der Waals surface area contributed by atoms with Gasteiger partial charge in [0.2, 0.25) is 10.0 Å². The van der Waals surface area contributed by atoms with Gasteiger partial charge in [-0.25, -0.2) is 8.42 Å². The first-order chi connectivity index (χ1) is 8.93. The van der Waals surface area contributed by atoms with E-state index >= 15 is 0 Å². The van der Waals surface area contributed by atoms with Crippen LogP contribution in [0.2, 0.25) is 0 Å². The maximum Gasteiger partial charge on any atom is 0.243 e. The van der Waals surface area contributed by atoms with Gasteiger partial charge in [-0.1, -0.05) is 13.0 Å². The van der Waals surface area contributed by atoms with Gasteiger partial charge in [0.15, 0.2) is 0 Å². The Bertz CT molecular complexity index is 597. The number of hydrogen-bond acceptors (Lipinski definition) is 4. The van der Waals surface area contributed by atoms with Crippen LogP contribution in [0, 0.1) is 17.2 Å². The van der Waals surface area contributed by atoms with Gasteiger partial charge < -0.3 is 5.73 Å². The number of nitriles is 1. The maximum absolute atomic E-state index is 12.5. The number of nitrogens with zero attached hydrogens (tertiary/aromatic N) is 2. The molecular formula is C13H17N3O2S. The summed E-state index contributed by atoms with van der Waals surface area (Å²) in [5, 5.41) is 8.84. The summed E-state index contributed by atoms with van der Waals surface area (Å²) in [5.74, 6) is 0.248. The van der Waals surface area contributed by atoms with Crippen molar-refractivity contribution in [3.63, 3.8) is 0 Å². The number of piperidine rings is 1. The Labute approximate surface area is 113 Å². The molecule has 1 heterocycles. The van der Waals surface area contributed by atoms with Crippen molar-refractivity contribution < 1.29 is 8.42 Å². The zero-order valence-corrected chi connectivity index (χ0v) is 11.6. The predicted octanol–water partition coefficient (Wildman–Crippen LogP) is 0.916. The number of rotatable bonds is 2. The van der Waals surface area contributed by atoms with E-state index in [2.05, 4.69) is 0 Å². The predicted molar refractivity (Wildman–Crippen MR) is 71.7 cm³/mol. The third kappa shape index (κ3) is 2.95. The molecule has 1 aliphatic heterocycles. The van der Waals surface area contributed by atoms with Gasteiger partial charge in [-0.2, -0.15) is 9.57 Å². The zero-order chi connectivity index (χ0) is 14.0.